The number of carboxylic acids is 1. The van der Waals surface area contributed by atoms with E-state index in [1.165, 1.54) is 13.3 Å². The molecule has 0 spiro atoms. The van der Waals surface area contributed by atoms with Crippen LogP contribution >= 0.6 is 0 Å². The van der Waals surface area contributed by atoms with Crippen LogP contribution in [0.2, 0.25) is 0 Å². The minimum absolute atomic E-state index is 0.0856. The quantitative estimate of drug-likeness (QED) is 0.235. The van der Waals surface area contributed by atoms with Gasteiger partial charge in [-0.15, -0.1) is 0 Å². The summed E-state index contributed by atoms with van der Waals surface area (Å²) in [4.78, 5) is 39.1. The predicted molar refractivity (Wildman–Crippen MR) is 169 cm³/mol. The molecule has 0 atom stereocenters. The monoisotopic (exact) mass is 608 g/mol. The summed E-state index contributed by atoms with van der Waals surface area (Å²) in [6.45, 7) is 1.46. The summed E-state index contributed by atoms with van der Waals surface area (Å²) in [6.07, 6.45) is 4.46. The molecular formula is C35H36N4O6. The predicted octanol–water partition coefficient (Wildman–Crippen LogP) is 5.68. The van der Waals surface area contributed by atoms with Crippen molar-refractivity contribution >= 4 is 34.2 Å². The minimum Gasteiger partial charge on any atom is -0.496 e. The van der Waals surface area contributed by atoms with E-state index in [1.54, 1.807) is 43.2 Å². The first-order valence-electron chi connectivity index (χ1n) is 15.4. The molecule has 4 aliphatic rings. The second-order valence-electron chi connectivity index (χ2n) is 12.7. The number of ether oxygens (including phenoxy) is 2. The first-order valence-corrected chi connectivity index (χ1v) is 15.4. The van der Waals surface area contributed by atoms with Crippen LogP contribution in [0.15, 0.2) is 60.7 Å². The molecule has 4 fully saturated rings. The number of hydrogen-bond donors (Lipinski definition) is 3. The molecule has 4 aromatic rings. The summed E-state index contributed by atoms with van der Waals surface area (Å²) in [5.74, 6) is 0.224. The molecule has 3 N–H and O–H groups in total. The number of nitrogens with zero attached hydrogens (tertiary/aromatic N) is 2. The summed E-state index contributed by atoms with van der Waals surface area (Å²) in [5, 5.41) is 23.0. The molecule has 3 aromatic carbocycles. The third-order valence-corrected chi connectivity index (χ3v) is 10.2. The van der Waals surface area contributed by atoms with Crippen LogP contribution in [0, 0.1) is 23.7 Å². The average Bonchev–Trinajstić information content (AvgIpc) is 3.46. The minimum atomic E-state index is -1.32. The number of amides is 2. The molecule has 0 radical (unpaired) electrons. The Hall–Kier alpha value is -4.86. The van der Waals surface area contributed by atoms with Crippen molar-refractivity contribution in [2.45, 2.75) is 44.6 Å². The fourth-order valence-corrected chi connectivity index (χ4v) is 8.51. The maximum atomic E-state index is 14.2. The first kappa shape index (κ1) is 28.9. The molecule has 0 aliphatic heterocycles. The normalized spacial score (nSPS) is 24.8. The van der Waals surface area contributed by atoms with Gasteiger partial charge < -0.3 is 25.2 Å². The molecule has 0 saturated heterocycles. The van der Waals surface area contributed by atoms with Gasteiger partial charge >= 0.3 is 5.97 Å². The Labute approximate surface area is 260 Å². The summed E-state index contributed by atoms with van der Waals surface area (Å²) < 4.78 is 13.1. The van der Waals surface area contributed by atoms with Gasteiger partial charge in [0.05, 0.1) is 31.2 Å². The van der Waals surface area contributed by atoms with E-state index in [9.17, 15) is 19.5 Å². The molecule has 45 heavy (non-hydrogen) atoms. The Morgan fingerprint density at radius 3 is 2.07 bits per heavy atom. The molecule has 1 heterocycles. The van der Waals surface area contributed by atoms with E-state index in [-0.39, 0.29) is 23.4 Å². The topological polar surface area (TPSA) is 132 Å². The number of aliphatic carboxylic acids is 1. The Kier molecular flexibility index (Phi) is 7.02. The SMILES string of the molecule is COc1cccc(OC)c1-c1cc(C(=O)NC2(C(=O)O)C3CC4CC(C3)CC2C4)nn1-c1ccc(NC(C)=O)c2ccccc12. The average molecular weight is 609 g/mol. The molecule has 4 saturated carbocycles. The van der Waals surface area contributed by atoms with Gasteiger partial charge in [-0.25, -0.2) is 9.48 Å². The van der Waals surface area contributed by atoms with Crippen LogP contribution in [-0.2, 0) is 9.59 Å². The van der Waals surface area contributed by atoms with Gasteiger partial charge in [0.1, 0.15) is 17.0 Å². The first-order chi connectivity index (χ1) is 21.7. The molecular weight excluding hydrogens is 572 g/mol. The lowest BCUT2D eigenvalue weighted by Gasteiger charge is -2.59. The van der Waals surface area contributed by atoms with Gasteiger partial charge in [-0.05, 0) is 86.1 Å². The van der Waals surface area contributed by atoms with Crippen molar-refractivity contribution in [1.82, 2.24) is 15.1 Å². The number of aromatic nitrogens is 2. The van der Waals surface area contributed by atoms with Gasteiger partial charge in [0.2, 0.25) is 5.91 Å². The molecule has 2 amide bonds. The van der Waals surface area contributed by atoms with Crippen LogP contribution in [-0.4, -0.2) is 52.4 Å². The maximum absolute atomic E-state index is 14.2. The van der Waals surface area contributed by atoms with Gasteiger partial charge in [-0.1, -0.05) is 30.3 Å². The Morgan fingerprint density at radius 1 is 0.867 bits per heavy atom. The van der Waals surface area contributed by atoms with Crippen molar-refractivity contribution in [3.63, 3.8) is 0 Å². The van der Waals surface area contributed by atoms with Crippen molar-refractivity contribution in [2.75, 3.05) is 19.5 Å². The van der Waals surface area contributed by atoms with Crippen LogP contribution in [0.1, 0.15) is 49.5 Å². The zero-order valence-corrected chi connectivity index (χ0v) is 25.5. The van der Waals surface area contributed by atoms with Gasteiger partial charge in [0.15, 0.2) is 5.69 Å². The highest BCUT2D eigenvalue weighted by Crippen LogP contribution is 2.58. The third-order valence-electron chi connectivity index (χ3n) is 10.2. The zero-order valence-electron chi connectivity index (χ0n) is 25.5. The largest absolute Gasteiger partial charge is 0.496 e. The highest BCUT2D eigenvalue weighted by Gasteiger charge is 2.62. The molecule has 0 unspecified atom stereocenters. The fourth-order valence-electron chi connectivity index (χ4n) is 8.51. The lowest BCUT2D eigenvalue weighted by molar-refractivity contribution is -0.163. The molecule has 4 aliphatic carbocycles. The lowest BCUT2D eigenvalue weighted by atomic mass is 9.48. The molecule has 10 heteroatoms. The second kappa shape index (κ2) is 10.9. The molecule has 10 nitrogen and oxygen atoms in total. The van der Waals surface area contributed by atoms with Gasteiger partial charge in [0.25, 0.3) is 5.91 Å². The summed E-state index contributed by atoms with van der Waals surface area (Å²) >= 11 is 0. The Bertz CT molecular complexity index is 1790. The highest BCUT2D eigenvalue weighted by molar-refractivity contribution is 6.05. The molecule has 232 valence electrons. The zero-order chi connectivity index (χ0) is 31.5. The smallest absolute Gasteiger partial charge is 0.330 e. The van der Waals surface area contributed by atoms with Gasteiger partial charge in [0, 0.05) is 23.4 Å². The number of anilines is 1. The van der Waals surface area contributed by atoms with Gasteiger partial charge in [-0.3, -0.25) is 9.59 Å². The van der Waals surface area contributed by atoms with Crippen molar-refractivity contribution in [1.29, 1.82) is 0 Å². The number of nitrogens with one attached hydrogen (secondary N) is 2. The van der Waals surface area contributed by atoms with Gasteiger partial charge in [-0.2, -0.15) is 5.10 Å². The van der Waals surface area contributed by atoms with Crippen LogP contribution < -0.4 is 20.1 Å². The van der Waals surface area contributed by atoms with E-state index in [0.29, 0.717) is 46.0 Å². The van der Waals surface area contributed by atoms with Crippen LogP contribution in [0.25, 0.3) is 27.7 Å². The van der Waals surface area contributed by atoms with E-state index >= 15 is 0 Å². The number of rotatable bonds is 8. The molecule has 1 aromatic heterocycles. The van der Waals surface area contributed by atoms with Crippen LogP contribution in [0.3, 0.4) is 0 Å². The van der Waals surface area contributed by atoms with E-state index < -0.39 is 17.4 Å². The number of carbonyl (C=O) groups is 3. The van der Waals surface area contributed by atoms with Crippen molar-refractivity contribution < 1.29 is 29.0 Å². The molecule has 8 rings (SSSR count). The van der Waals surface area contributed by atoms with Crippen LogP contribution in [0.4, 0.5) is 5.69 Å². The molecule has 4 bridgehead atoms. The number of hydrogen-bond acceptors (Lipinski definition) is 6. The number of fused-ring (bicyclic) bond motifs is 1. The van der Waals surface area contributed by atoms with Crippen molar-refractivity contribution in [3.8, 4) is 28.4 Å². The van der Waals surface area contributed by atoms with E-state index in [4.69, 9.17) is 14.6 Å². The lowest BCUT2D eigenvalue weighted by Crippen LogP contribution is -2.70. The Morgan fingerprint density at radius 2 is 1.49 bits per heavy atom. The summed E-state index contributed by atoms with van der Waals surface area (Å²) in [7, 11) is 3.13. The van der Waals surface area contributed by atoms with E-state index in [2.05, 4.69) is 10.6 Å². The number of methoxy groups -OCH3 is 2. The fraction of sp³-hybridized carbons (Fsp3) is 0.371. The highest BCUT2D eigenvalue weighted by atomic mass is 16.5. The Balaban J connectivity index is 1.39. The van der Waals surface area contributed by atoms with Crippen molar-refractivity contribution in [3.05, 3.63) is 66.4 Å². The number of carbonyl (C=O) groups excluding carboxylic acids is 2. The maximum Gasteiger partial charge on any atom is 0.330 e. The van der Waals surface area contributed by atoms with E-state index in [1.807, 2.05) is 36.4 Å². The third kappa shape index (κ3) is 4.62. The summed E-state index contributed by atoms with van der Waals surface area (Å²) in [6, 6.07) is 18.4. The number of benzene rings is 3. The van der Waals surface area contributed by atoms with Crippen LogP contribution in [0.5, 0.6) is 11.5 Å². The standard InChI is InChI=1S/C35H36N4O6/c1-19(40)36-26-11-12-28(25-8-5-4-7-24(25)26)39-29(32-30(44-2)9-6-10-31(32)45-3)18-27(38-39)33(41)37-35(34(42)43)22-14-20-13-21(16-22)17-23(35)15-20/h4-12,18,20-23H,13-17H2,1-3H3,(H,36,40)(H,37,41)(H,42,43). The van der Waals surface area contributed by atoms with Crippen molar-refractivity contribution in [2.24, 2.45) is 23.7 Å². The second-order valence-corrected chi connectivity index (χ2v) is 12.7. The van der Waals surface area contributed by atoms with E-state index in [0.717, 1.165) is 36.5 Å². The number of carboxylic acid groups (broad SMARTS) is 1. The summed E-state index contributed by atoms with van der Waals surface area (Å²) in [5.41, 5.74) is 1.19.